The third-order valence-electron chi connectivity index (χ3n) is 4.94. The summed E-state index contributed by atoms with van der Waals surface area (Å²) in [6.07, 6.45) is -4.38. The Labute approximate surface area is 176 Å². The summed E-state index contributed by atoms with van der Waals surface area (Å²) in [4.78, 5) is 32.2. The SMILES string of the molecule is CNc1c(Cl)cccc1N(C)C(=O)[C@@H]1CCC(=O)N1c1cc(C(F)(F)F)cc(C)n1. The summed E-state index contributed by atoms with van der Waals surface area (Å²) in [7, 11) is 3.18. The van der Waals surface area contributed by atoms with E-state index in [2.05, 4.69) is 10.3 Å². The molecule has 0 spiro atoms. The molecule has 0 bridgehead atoms. The molecule has 0 unspecified atom stereocenters. The van der Waals surface area contributed by atoms with Crippen LogP contribution in [0.5, 0.6) is 0 Å². The Kier molecular flexibility index (Phi) is 5.94. The zero-order chi connectivity index (χ0) is 22.2. The van der Waals surface area contributed by atoms with Crippen LogP contribution in [0.3, 0.4) is 0 Å². The molecule has 0 radical (unpaired) electrons. The summed E-state index contributed by atoms with van der Waals surface area (Å²) >= 11 is 6.18. The molecule has 3 rings (SSSR count). The average Bonchev–Trinajstić information content (AvgIpc) is 3.06. The summed E-state index contributed by atoms with van der Waals surface area (Å²) < 4.78 is 39.7. The van der Waals surface area contributed by atoms with Crippen LogP contribution < -0.4 is 15.1 Å². The number of hydrogen-bond donors (Lipinski definition) is 1. The van der Waals surface area contributed by atoms with Gasteiger partial charge in [0.25, 0.3) is 0 Å². The fourth-order valence-corrected chi connectivity index (χ4v) is 3.79. The van der Waals surface area contributed by atoms with E-state index in [0.717, 1.165) is 17.0 Å². The number of hydrogen-bond acceptors (Lipinski definition) is 4. The molecule has 10 heteroatoms. The maximum atomic E-state index is 13.2. The van der Waals surface area contributed by atoms with Crippen molar-refractivity contribution < 1.29 is 22.8 Å². The number of carbonyl (C=O) groups is 2. The van der Waals surface area contributed by atoms with Crippen molar-refractivity contribution in [3.63, 3.8) is 0 Å². The first-order valence-electron chi connectivity index (χ1n) is 9.16. The number of rotatable bonds is 4. The number of nitrogens with zero attached hydrogens (tertiary/aromatic N) is 3. The predicted molar refractivity (Wildman–Crippen MR) is 109 cm³/mol. The molecular weight excluding hydrogens is 421 g/mol. The van der Waals surface area contributed by atoms with Crippen molar-refractivity contribution in [1.29, 1.82) is 0 Å². The molecule has 0 saturated carbocycles. The smallest absolute Gasteiger partial charge is 0.385 e. The highest BCUT2D eigenvalue weighted by Gasteiger charge is 2.41. The van der Waals surface area contributed by atoms with E-state index in [0.29, 0.717) is 16.4 Å². The van der Waals surface area contributed by atoms with Crippen molar-refractivity contribution in [1.82, 2.24) is 4.98 Å². The van der Waals surface area contributed by atoms with Gasteiger partial charge in [0.2, 0.25) is 11.8 Å². The number of amides is 2. The molecule has 6 nitrogen and oxygen atoms in total. The maximum absolute atomic E-state index is 13.2. The summed E-state index contributed by atoms with van der Waals surface area (Å²) in [5, 5.41) is 3.34. The first-order chi connectivity index (χ1) is 14.0. The van der Waals surface area contributed by atoms with Crippen LogP contribution in [-0.2, 0) is 15.8 Å². The van der Waals surface area contributed by atoms with Gasteiger partial charge in [0.1, 0.15) is 11.9 Å². The van der Waals surface area contributed by atoms with Gasteiger partial charge in [-0.05, 0) is 37.6 Å². The van der Waals surface area contributed by atoms with Crippen LogP contribution in [0.15, 0.2) is 30.3 Å². The second-order valence-corrected chi connectivity index (χ2v) is 7.36. The average molecular weight is 441 g/mol. The number of aryl methyl sites for hydroxylation is 1. The Hall–Kier alpha value is -2.81. The van der Waals surface area contributed by atoms with E-state index in [4.69, 9.17) is 11.6 Å². The van der Waals surface area contributed by atoms with Crippen LogP contribution in [-0.4, -0.2) is 36.9 Å². The number of likely N-dealkylation sites (N-methyl/N-ethyl adjacent to an activating group) is 1. The van der Waals surface area contributed by atoms with E-state index in [1.54, 1.807) is 25.2 Å². The number of halogens is 4. The molecule has 30 heavy (non-hydrogen) atoms. The van der Waals surface area contributed by atoms with Gasteiger partial charge in [-0.15, -0.1) is 0 Å². The van der Waals surface area contributed by atoms with Gasteiger partial charge in [-0.1, -0.05) is 17.7 Å². The van der Waals surface area contributed by atoms with Crippen LogP contribution in [0, 0.1) is 6.92 Å². The number of benzene rings is 1. The van der Waals surface area contributed by atoms with E-state index in [1.165, 1.54) is 18.9 Å². The number of pyridine rings is 1. The summed E-state index contributed by atoms with van der Waals surface area (Å²) in [5.41, 5.74) is 0.198. The monoisotopic (exact) mass is 440 g/mol. The van der Waals surface area contributed by atoms with Crippen molar-refractivity contribution in [2.24, 2.45) is 0 Å². The van der Waals surface area contributed by atoms with Gasteiger partial charge in [0, 0.05) is 26.2 Å². The van der Waals surface area contributed by atoms with Crippen molar-refractivity contribution in [3.05, 3.63) is 46.6 Å². The van der Waals surface area contributed by atoms with Crippen LogP contribution in [0.2, 0.25) is 5.02 Å². The zero-order valence-electron chi connectivity index (χ0n) is 16.5. The number of nitrogens with one attached hydrogen (secondary N) is 1. The number of aromatic nitrogens is 1. The molecule has 1 N–H and O–H groups in total. The minimum Gasteiger partial charge on any atom is -0.385 e. The highest BCUT2D eigenvalue weighted by Crippen LogP contribution is 2.36. The van der Waals surface area contributed by atoms with Crippen LogP contribution in [0.25, 0.3) is 0 Å². The molecule has 160 valence electrons. The molecule has 0 aliphatic carbocycles. The lowest BCUT2D eigenvalue weighted by Crippen LogP contribution is -2.46. The van der Waals surface area contributed by atoms with Crippen LogP contribution in [0.4, 0.5) is 30.4 Å². The van der Waals surface area contributed by atoms with Gasteiger partial charge in [0.15, 0.2) is 0 Å². The number of alkyl halides is 3. The van der Waals surface area contributed by atoms with Crippen LogP contribution >= 0.6 is 11.6 Å². The fraction of sp³-hybridized carbons (Fsp3) is 0.350. The lowest BCUT2D eigenvalue weighted by molar-refractivity contribution is -0.137. The Morgan fingerprint density at radius 2 is 2.03 bits per heavy atom. The third kappa shape index (κ3) is 4.07. The van der Waals surface area contributed by atoms with E-state index in [9.17, 15) is 22.8 Å². The van der Waals surface area contributed by atoms with E-state index in [1.807, 2.05) is 0 Å². The van der Waals surface area contributed by atoms with Crippen LogP contribution in [0.1, 0.15) is 24.1 Å². The molecule has 2 heterocycles. The van der Waals surface area contributed by atoms with E-state index in [-0.39, 0.29) is 24.4 Å². The minimum absolute atomic E-state index is 0.0374. The van der Waals surface area contributed by atoms with Gasteiger partial charge in [-0.25, -0.2) is 4.98 Å². The Bertz CT molecular complexity index is 997. The largest absolute Gasteiger partial charge is 0.416 e. The Morgan fingerprint density at radius 3 is 2.67 bits per heavy atom. The number of carbonyl (C=O) groups excluding carboxylic acids is 2. The third-order valence-corrected chi connectivity index (χ3v) is 5.26. The van der Waals surface area contributed by atoms with Crippen molar-refractivity contribution in [3.8, 4) is 0 Å². The molecule has 2 amide bonds. The van der Waals surface area contributed by atoms with Gasteiger partial charge in [0.05, 0.1) is 22.0 Å². The molecule has 1 aromatic carbocycles. The first-order valence-corrected chi connectivity index (χ1v) is 9.54. The molecule has 1 aliphatic rings. The standard InChI is InChI=1S/C20H20ClF3N4O2/c1-11-9-12(20(22,23)24)10-16(26-11)28-15(7-8-17(28)29)19(30)27(3)14-6-4-5-13(21)18(14)25-2/h4-6,9-10,15,25H,7-8H2,1-3H3/t15-/m0/s1. The summed E-state index contributed by atoms with van der Waals surface area (Å²) in [6.45, 7) is 1.41. The lowest BCUT2D eigenvalue weighted by atomic mass is 10.1. The normalized spacial score (nSPS) is 16.7. The molecule has 1 aromatic heterocycles. The quantitative estimate of drug-likeness (QED) is 0.771. The minimum atomic E-state index is -4.59. The predicted octanol–water partition coefficient (Wildman–Crippen LogP) is 4.26. The highest BCUT2D eigenvalue weighted by atomic mass is 35.5. The fourth-order valence-electron chi connectivity index (χ4n) is 3.53. The molecule has 1 aliphatic heterocycles. The maximum Gasteiger partial charge on any atom is 0.416 e. The number of para-hydroxylation sites is 1. The van der Waals surface area contributed by atoms with Crippen molar-refractivity contribution >= 4 is 40.6 Å². The highest BCUT2D eigenvalue weighted by molar-refractivity contribution is 6.34. The molecule has 1 atom stereocenters. The van der Waals surface area contributed by atoms with E-state index >= 15 is 0 Å². The molecule has 1 saturated heterocycles. The topological polar surface area (TPSA) is 65.5 Å². The van der Waals surface area contributed by atoms with Crippen molar-refractivity contribution in [2.75, 3.05) is 29.2 Å². The van der Waals surface area contributed by atoms with Gasteiger partial charge < -0.3 is 10.2 Å². The molecule has 1 fully saturated rings. The van der Waals surface area contributed by atoms with Crippen molar-refractivity contribution in [2.45, 2.75) is 32.0 Å². The molecular formula is C20H20ClF3N4O2. The van der Waals surface area contributed by atoms with Gasteiger partial charge in [-0.2, -0.15) is 13.2 Å². The summed E-state index contributed by atoms with van der Waals surface area (Å²) in [5.74, 6) is -1.08. The number of anilines is 3. The Morgan fingerprint density at radius 1 is 1.33 bits per heavy atom. The van der Waals surface area contributed by atoms with Gasteiger partial charge >= 0.3 is 6.18 Å². The first kappa shape index (κ1) is 21.9. The summed E-state index contributed by atoms with van der Waals surface area (Å²) in [6, 6.07) is 5.76. The lowest BCUT2D eigenvalue weighted by Gasteiger charge is -2.29. The van der Waals surface area contributed by atoms with Gasteiger partial charge in [-0.3, -0.25) is 14.5 Å². The second kappa shape index (κ2) is 8.14. The molecule has 2 aromatic rings. The second-order valence-electron chi connectivity index (χ2n) is 6.95. The zero-order valence-corrected chi connectivity index (χ0v) is 17.3. The Balaban J connectivity index is 1.99. The van der Waals surface area contributed by atoms with E-state index < -0.39 is 29.6 Å².